The number of hydrogen-bond donors (Lipinski definition) is 3. The minimum absolute atomic E-state index is 0.0231. The molecule has 132 valence electrons. The summed E-state index contributed by atoms with van der Waals surface area (Å²) >= 11 is 1.47. The van der Waals surface area contributed by atoms with Gasteiger partial charge in [-0.3, -0.25) is 10.2 Å². The third-order valence-electron chi connectivity index (χ3n) is 4.41. The summed E-state index contributed by atoms with van der Waals surface area (Å²) in [5.41, 5.74) is 7.75. The second-order valence-corrected chi connectivity index (χ2v) is 7.32. The van der Waals surface area contributed by atoms with Crippen LogP contribution in [0.3, 0.4) is 0 Å². The van der Waals surface area contributed by atoms with Gasteiger partial charge in [-0.15, -0.1) is 11.3 Å². The molecule has 6 heteroatoms. The van der Waals surface area contributed by atoms with Crippen molar-refractivity contribution >= 4 is 23.1 Å². The van der Waals surface area contributed by atoms with Gasteiger partial charge >= 0.3 is 0 Å². The Hall–Kier alpha value is -2.18. The van der Waals surface area contributed by atoms with Gasteiger partial charge < -0.3 is 15.8 Å². The Morgan fingerprint density at radius 1 is 1.28 bits per heavy atom. The lowest BCUT2D eigenvalue weighted by Gasteiger charge is -2.13. The first-order valence-electron chi connectivity index (χ1n) is 8.53. The van der Waals surface area contributed by atoms with E-state index in [9.17, 15) is 4.79 Å². The Kier molecular flexibility index (Phi) is 5.83. The van der Waals surface area contributed by atoms with Gasteiger partial charge in [-0.25, -0.2) is 0 Å². The molecule has 0 radical (unpaired) electrons. The fourth-order valence-electron chi connectivity index (χ4n) is 3.03. The number of amidine groups is 1. The summed E-state index contributed by atoms with van der Waals surface area (Å²) in [5, 5.41) is 10.8. The van der Waals surface area contributed by atoms with Crippen molar-refractivity contribution in [1.82, 2.24) is 5.32 Å². The molecule has 0 spiro atoms. The number of carbonyl (C=O) groups excluding carboxylic acids is 1. The lowest BCUT2D eigenvalue weighted by atomic mass is 10.00. The maximum absolute atomic E-state index is 12.5. The summed E-state index contributed by atoms with van der Waals surface area (Å²) in [4.78, 5) is 14.2. The van der Waals surface area contributed by atoms with E-state index in [-0.39, 0.29) is 17.7 Å². The van der Waals surface area contributed by atoms with Crippen LogP contribution in [0.4, 0.5) is 0 Å². The number of nitrogens with one attached hydrogen (secondary N) is 2. The minimum atomic E-state index is 0.0231. The lowest BCUT2D eigenvalue weighted by Crippen LogP contribution is -2.30. The Labute approximate surface area is 151 Å². The first-order valence-corrected chi connectivity index (χ1v) is 9.35. The molecule has 2 heterocycles. The Morgan fingerprint density at radius 2 is 2.08 bits per heavy atom. The highest BCUT2D eigenvalue weighted by molar-refractivity contribution is 7.14. The summed E-state index contributed by atoms with van der Waals surface area (Å²) in [7, 11) is 0. The molecule has 1 aromatic carbocycles. The third-order valence-corrected chi connectivity index (χ3v) is 5.57. The van der Waals surface area contributed by atoms with Crippen LogP contribution in [0.1, 0.15) is 29.0 Å². The van der Waals surface area contributed by atoms with Crippen molar-refractivity contribution < 1.29 is 9.53 Å². The quantitative estimate of drug-likeness (QED) is 0.567. The SMILES string of the molecule is N=C(N)c1cc(-c2ccccc2)c(CNC(=O)[C@H]2CCCOCC2)s1. The van der Waals surface area contributed by atoms with Crippen molar-refractivity contribution in [2.24, 2.45) is 11.7 Å². The Balaban J connectivity index is 1.75. The Bertz CT molecular complexity index is 734. The van der Waals surface area contributed by atoms with Crippen LogP contribution in [-0.2, 0) is 16.1 Å². The van der Waals surface area contributed by atoms with E-state index in [1.165, 1.54) is 11.3 Å². The number of nitrogen functional groups attached to an aromatic ring is 1. The van der Waals surface area contributed by atoms with E-state index < -0.39 is 0 Å². The molecular weight excluding hydrogens is 334 g/mol. The fraction of sp³-hybridized carbons (Fsp3) is 0.368. The molecule has 0 aliphatic carbocycles. The molecule has 3 rings (SSSR count). The van der Waals surface area contributed by atoms with E-state index in [4.69, 9.17) is 15.9 Å². The van der Waals surface area contributed by atoms with E-state index in [0.717, 1.165) is 46.8 Å². The molecular formula is C19H23N3O2S. The minimum Gasteiger partial charge on any atom is -0.383 e. The molecule has 0 unspecified atom stereocenters. The van der Waals surface area contributed by atoms with E-state index in [1.807, 2.05) is 36.4 Å². The molecule has 1 saturated heterocycles. The van der Waals surface area contributed by atoms with Crippen LogP contribution in [0.15, 0.2) is 36.4 Å². The second kappa shape index (κ2) is 8.27. The van der Waals surface area contributed by atoms with Gasteiger partial charge in [-0.2, -0.15) is 0 Å². The van der Waals surface area contributed by atoms with Crippen molar-refractivity contribution in [3.05, 3.63) is 46.2 Å². The zero-order valence-corrected chi connectivity index (χ0v) is 14.9. The highest BCUT2D eigenvalue weighted by atomic mass is 32.1. The first kappa shape index (κ1) is 17.6. The van der Waals surface area contributed by atoms with Crippen LogP contribution in [0.5, 0.6) is 0 Å². The van der Waals surface area contributed by atoms with Gasteiger partial charge in [-0.05, 0) is 36.5 Å². The second-order valence-electron chi connectivity index (χ2n) is 6.19. The topological polar surface area (TPSA) is 88.2 Å². The van der Waals surface area contributed by atoms with Crippen LogP contribution in [0, 0.1) is 11.3 Å². The predicted octanol–water partition coefficient (Wildman–Crippen LogP) is 3.13. The van der Waals surface area contributed by atoms with Gasteiger partial charge in [0.25, 0.3) is 0 Å². The predicted molar refractivity (Wildman–Crippen MR) is 101 cm³/mol. The van der Waals surface area contributed by atoms with Gasteiger partial charge in [0.2, 0.25) is 5.91 Å². The molecule has 1 aliphatic heterocycles. The molecule has 2 aromatic rings. The molecule has 25 heavy (non-hydrogen) atoms. The number of thiophene rings is 1. The van der Waals surface area contributed by atoms with Crippen LogP contribution in [0.25, 0.3) is 11.1 Å². The standard InChI is InChI=1S/C19H23N3O2S/c20-18(21)16-11-15(13-5-2-1-3-6-13)17(25-16)12-22-19(23)14-7-4-9-24-10-8-14/h1-3,5-6,11,14H,4,7-10,12H2,(H3,20,21)(H,22,23)/t14-/m0/s1. The van der Waals surface area contributed by atoms with Crippen LogP contribution < -0.4 is 11.1 Å². The van der Waals surface area contributed by atoms with Gasteiger partial charge in [0.05, 0.1) is 11.4 Å². The monoisotopic (exact) mass is 357 g/mol. The summed E-state index contributed by atoms with van der Waals surface area (Å²) in [6, 6.07) is 11.9. The van der Waals surface area contributed by atoms with Crippen molar-refractivity contribution in [1.29, 1.82) is 5.41 Å². The van der Waals surface area contributed by atoms with E-state index in [0.29, 0.717) is 13.2 Å². The highest BCUT2D eigenvalue weighted by Crippen LogP contribution is 2.31. The number of rotatable bonds is 5. The molecule has 4 N–H and O–H groups in total. The normalized spacial score (nSPS) is 17.7. The van der Waals surface area contributed by atoms with Crippen molar-refractivity contribution in [2.45, 2.75) is 25.8 Å². The zero-order valence-electron chi connectivity index (χ0n) is 14.1. The molecule has 0 bridgehead atoms. The summed E-state index contributed by atoms with van der Waals surface area (Å²) in [5.74, 6) is 0.165. The first-order chi connectivity index (χ1) is 12.1. The maximum Gasteiger partial charge on any atom is 0.223 e. The van der Waals surface area contributed by atoms with E-state index in [2.05, 4.69) is 5.32 Å². The van der Waals surface area contributed by atoms with Gasteiger partial charge in [0.1, 0.15) is 5.84 Å². The molecule has 1 amide bonds. The maximum atomic E-state index is 12.5. The average molecular weight is 357 g/mol. The fourth-order valence-corrected chi connectivity index (χ4v) is 4.02. The molecule has 5 nitrogen and oxygen atoms in total. The smallest absolute Gasteiger partial charge is 0.223 e. The van der Waals surface area contributed by atoms with Crippen LogP contribution in [0.2, 0.25) is 0 Å². The number of carbonyl (C=O) groups is 1. The molecule has 0 saturated carbocycles. The van der Waals surface area contributed by atoms with E-state index >= 15 is 0 Å². The molecule has 1 aliphatic rings. The van der Waals surface area contributed by atoms with Gasteiger partial charge in [0.15, 0.2) is 0 Å². The van der Waals surface area contributed by atoms with Crippen molar-refractivity contribution in [2.75, 3.05) is 13.2 Å². The average Bonchev–Trinajstić information content (AvgIpc) is 2.87. The number of nitrogens with two attached hydrogens (primary N) is 1. The number of benzene rings is 1. The third kappa shape index (κ3) is 4.46. The zero-order chi connectivity index (χ0) is 17.6. The number of ether oxygens (including phenoxy) is 1. The van der Waals surface area contributed by atoms with E-state index in [1.54, 1.807) is 0 Å². The summed E-state index contributed by atoms with van der Waals surface area (Å²) in [6.45, 7) is 1.86. The van der Waals surface area contributed by atoms with Crippen molar-refractivity contribution in [3.63, 3.8) is 0 Å². The summed E-state index contributed by atoms with van der Waals surface area (Å²) < 4.78 is 5.43. The van der Waals surface area contributed by atoms with Crippen LogP contribution >= 0.6 is 11.3 Å². The largest absolute Gasteiger partial charge is 0.383 e. The highest BCUT2D eigenvalue weighted by Gasteiger charge is 2.21. The van der Waals surface area contributed by atoms with Crippen molar-refractivity contribution in [3.8, 4) is 11.1 Å². The lowest BCUT2D eigenvalue weighted by molar-refractivity contribution is -0.125. The van der Waals surface area contributed by atoms with Gasteiger partial charge in [-0.1, -0.05) is 30.3 Å². The van der Waals surface area contributed by atoms with Crippen LogP contribution in [-0.4, -0.2) is 25.0 Å². The molecule has 1 aromatic heterocycles. The van der Waals surface area contributed by atoms with Gasteiger partial charge in [0, 0.05) is 24.0 Å². The Morgan fingerprint density at radius 3 is 2.84 bits per heavy atom. The molecule has 1 atom stereocenters. The summed E-state index contributed by atoms with van der Waals surface area (Å²) in [6.07, 6.45) is 2.59. The number of hydrogen-bond acceptors (Lipinski definition) is 4. The molecule has 1 fully saturated rings. The number of amides is 1.